The van der Waals surface area contributed by atoms with Crippen molar-refractivity contribution in [3.63, 3.8) is 0 Å². The zero-order chi connectivity index (χ0) is 30.4. The minimum atomic E-state index is -1.17. The summed E-state index contributed by atoms with van der Waals surface area (Å²) in [6.07, 6.45) is 0.676. The molecule has 2 heterocycles. The third-order valence-corrected chi connectivity index (χ3v) is 5.85. The van der Waals surface area contributed by atoms with Gasteiger partial charge < -0.3 is 34.3 Å². The number of aliphatic hydroxyl groups excluding tert-OH is 3. The number of hydrogen-bond donors (Lipinski definition) is 3. The summed E-state index contributed by atoms with van der Waals surface area (Å²) in [5.74, 6) is -3.33. The Bertz CT molecular complexity index is 975. The van der Waals surface area contributed by atoms with E-state index in [0.717, 1.165) is 34.1 Å². The predicted octanol–water partition coefficient (Wildman–Crippen LogP) is -2.01. The van der Waals surface area contributed by atoms with Crippen LogP contribution in [-0.2, 0) is 47.7 Å². The SMILES string of the molecule is CC[C@H](CC(O)COCC(O)COCC(O)COC(=O)CCN1C(=O)C=CC1=O)OC(=O)CCN1C(=O)C=CC1=O. The van der Waals surface area contributed by atoms with Gasteiger partial charge in [-0.15, -0.1) is 0 Å². The van der Waals surface area contributed by atoms with Gasteiger partial charge in [0, 0.05) is 43.8 Å². The van der Waals surface area contributed by atoms with Crippen molar-refractivity contribution >= 4 is 35.6 Å². The lowest BCUT2D eigenvalue weighted by Crippen LogP contribution is -2.33. The molecule has 0 bridgehead atoms. The van der Waals surface area contributed by atoms with Gasteiger partial charge in [-0.1, -0.05) is 6.92 Å². The molecule has 0 fully saturated rings. The van der Waals surface area contributed by atoms with Crippen LogP contribution in [0.3, 0.4) is 0 Å². The molecule has 2 aliphatic rings. The van der Waals surface area contributed by atoms with Crippen LogP contribution in [0.1, 0.15) is 32.6 Å². The summed E-state index contributed by atoms with van der Waals surface area (Å²) in [5, 5.41) is 30.0. The topological polar surface area (TPSA) is 207 Å². The lowest BCUT2D eigenvalue weighted by molar-refractivity contribution is -0.153. The molecule has 4 amide bonds. The Morgan fingerprint density at radius 2 is 1.10 bits per heavy atom. The molecule has 2 aliphatic heterocycles. The van der Waals surface area contributed by atoms with Gasteiger partial charge in [0.05, 0.1) is 45.4 Å². The molecule has 0 aromatic heterocycles. The van der Waals surface area contributed by atoms with E-state index in [1.807, 2.05) is 0 Å². The van der Waals surface area contributed by atoms with E-state index in [9.17, 15) is 44.1 Å². The molecule has 0 saturated carbocycles. The number of rotatable bonds is 20. The summed E-state index contributed by atoms with van der Waals surface area (Å²) in [6.45, 7) is 0.342. The molecule has 0 spiro atoms. The Hall–Kier alpha value is -3.50. The first-order valence-electron chi connectivity index (χ1n) is 13.1. The van der Waals surface area contributed by atoms with E-state index in [-0.39, 0.29) is 65.4 Å². The lowest BCUT2D eigenvalue weighted by Gasteiger charge is -2.21. The number of ether oxygens (including phenoxy) is 4. The van der Waals surface area contributed by atoms with Crippen LogP contribution in [0.2, 0.25) is 0 Å². The van der Waals surface area contributed by atoms with E-state index in [0.29, 0.717) is 6.42 Å². The van der Waals surface area contributed by atoms with Crippen molar-refractivity contribution in [1.29, 1.82) is 0 Å². The largest absolute Gasteiger partial charge is 0.463 e. The van der Waals surface area contributed by atoms with Crippen LogP contribution in [0.4, 0.5) is 0 Å². The summed E-state index contributed by atoms with van der Waals surface area (Å²) >= 11 is 0. The highest BCUT2D eigenvalue weighted by atomic mass is 16.6. The van der Waals surface area contributed by atoms with Crippen LogP contribution < -0.4 is 0 Å². The molecule has 0 aliphatic carbocycles. The maximum absolute atomic E-state index is 12.1. The third kappa shape index (κ3) is 12.3. The molecular weight excluding hydrogens is 548 g/mol. The van der Waals surface area contributed by atoms with Gasteiger partial charge in [-0.05, 0) is 6.42 Å². The van der Waals surface area contributed by atoms with Gasteiger partial charge in [-0.2, -0.15) is 0 Å². The monoisotopic (exact) mass is 584 g/mol. The number of esters is 2. The molecule has 2 rings (SSSR count). The standard InChI is InChI=1S/C26H36N2O13/c1-2-20(41-26(37)8-10-28-23(34)5-6-24(28)35)11-17(29)12-38-13-18(30)14-39-15-19(31)16-40-25(36)7-9-27-21(32)3-4-22(27)33/h3-6,17-20,29-31H,2,7-16H2,1H3/t17?,18?,19?,20-/m1/s1. The second kappa shape index (κ2) is 17.3. The van der Waals surface area contributed by atoms with Gasteiger partial charge >= 0.3 is 11.9 Å². The van der Waals surface area contributed by atoms with Gasteiger partial charge in [0.15, 0.2) is 0 Å². The molecule has 0 aromatic carbocycles. The summed E-state index contributed by atoms with van der Waals surface area (Å²) < 4.78 is 20.6. The van der Waals surface area contributed by atoms with Crippen LogP contribution in [-0.4, -0.2) is 131 Å². The molecule has 0 saturated heterocycles. The zero-order valence-electron chi connectivity index (χ0n) is 22.7. The molecule has 0 radical (unpaired) electrons. The Morgan fingerprint density at radius 1 is 0.683 bits per heavy atom. The van der Waals surface area contributed by atoms with Crippen molar-refractivity contribution in [2.75, 3.05) is 46.1 Å². The number of imide groups is 2. The smallest absolute Gasteiger partial charge is 0.307 e. The highest BCUT2D eigenvalue weighted by molar-refractivity contribution is 6.13. The average molecular weight is 585 g/mol. The van der Waals surface area contributed by atoms with Gasteiger partial charge in [0.1, 0.15) is 24.9 Å². The first-order valence-corrected chi connectivity index (χ1v) is 13.1. The highest BCUT2D eigenvalue weighted by Gasteiger charge is 2.26. The van der Waals surface area contributed by atoms with Gasteiger partial charge in [-0.3, -0.25) is 38.6 Å². The Kier molecular flexibility index (Phi) is 14.3. The van der Waals surface area contributed by atoms with Crippen LogP contribution in [0.15, 0.2) is 24.3 Å². The fourth-order valence-corrected chi connectivity index (χ4v) is 3.66. The summed E-state index contributed by atoms with van der Waals surface area (Å²) in [4.78, 5) is 71.5. The van der Waals surface area contributed by atoms with E-state index < -0.39 is 60.0 Å². The molecule has 3 N–H and O–H groups in total. The minimum absolute atomic E-state index is 0.0738. The van der Waals surface area contributed by atoms with E-state index in [1.54, 1.807) is 6.92 Å². The summed E-state index contributed by atoms with van der Waals surface area (Å²) in [6, 6.07) is 0. The number of amides is 4. The first-order chi connectivity index (χ1) is 19.5. The molecule has 15 nitrogen and oxygen atoms in total. The maximum Gasteiger partial charge on any atom is 0.307 e. The van der Waals surface area contributed by atoms with Crippen LogP contribution >= 0.6 is 0 Å². The Labute approximate surface area is 236 Å². The Morgan fingerprint density at radius 3 is 1.56 bits per heavy atom. The number of carbonyl (C=O) groups is 6. The van der Waals surface area contributed by atoms with Crippen LogP contribution in [0, 0.1) is 0 Å². The number of nitrogens with zero attached hydrogens (tertiary/aromatic N) is 2. The first kappa shape index (κ1) is 33.7. The lowest BCUT2D eigenvalue weighted by atomic mass is 10.1. The minimum Gasteiger partial charge on any atom is -0.463 e. The molecule has 3 unspecified atom stereocenters. The van der Waals surface area contributed by atoms with Crippen LogP contribution in [0.5, 0.6) is 0 Å². The van der Waals surface area contributed by atoms with Gasteiger partial charge in [-0.25, -0.2) is 0 Å². The number of aliphatic hydroxyl groups is 3. The van der Waals surface area contributed by atoms with Crippen LogP contribution in [0.25, 0.3) is 0 Å². The Balaban J connectivity index is 1.51. The van der Waals surface area contributed by atoms with Crippen molar-refractivity contribution < 1.29 is 63.0 Å². The van der Waals surface area contributed by atoms with Crippen molar-refractivity contribution in [3.05, 3.63) is 24.3 Å². The quantitative estimate of drug-likeness (QED) is 0.105. The molecule has 15 heteroatoms. The van der Waals surface area contributed by atoms with Crippen molar-refractivity contribution in [2.24, 2.45) is 0 Å². The van der Waals surface area contributed by atoms with Gasteiger partial charge in [0.2, 0.25) is 0 Å². The summed E-state index contributed by atoms with van der Waals surface area (Å²) in [5.41, 5.74) is 0. The van der Waals surface area contributed by atoms with Crippen molar-refractivity contribution in [2.45, 2.75) is 57.0 Å². The van der Waals surface area contributed by atoms with E-state index in [4.69, 9.17) is 18.9 Å². The second-order valence-corrected chi connectivity index (χ2v) is 9.30. The predicted molar refractivity (Wildman–Crippen MR) is 136 cm³/mol. The number of carbonyl (C=O) groups excluding carboxylic acids is 6. The summed E-state index contributed by atoms with van der Waals surface area (Å²) in [7, 11) is 0. The van der Waals surface area contributed by atoms with Gasteiger partial charge in [0.25, 0.3) is 23.6 Å². The number of hydrogen-bond acceptors (Lipinski definition) is 13. The second-order valence-electron chi connectivity index (χ2n) is 9.30. The molecule has 0 aromatic rings. The maximum atomic E-state index is 12.1. The van der Waals surface area contributed by atoms with Crippen molar-refractivity contribution in [3.8, 4) is 0 Å². The third-order valence-electron chi connectivity index (χ3n) is 5.85. The molecule has 41 heavy (non-hydrogen) atoms. The molecular formula is C26H36N2O13. The fraction of sp³-hybridized carbons (Fsp3) is 0.615. The zero-order valence-corrected chi connectivity index (χ0v) is 22.7. The molecule has 228 valence electrons. The van der Waals surface area contributed by atoms with Crippen molar-refractivity contribution in [1.82, 2.24) is 9.80 Å². The van der Waals surface area contributed by atoms with E-state index in [2.05, 4.69) is 0 Å². The van der Waals surface area contributed by atoms with E-state index >= 15 is 0 Å². The average Bonchev–Trinajstić information content (AvgIpc) is 3.42. The highest BCUT2D eigenvalue weighted by Crippen LogP contribution is 2.11. The molecule has 4 atom stereocenters. The normalized spacial score (nSPS) is 17.8. The van der Waals surface area contributed by atoms with E-state index in [1.165, 1.54) is 0 Å². The fourth-order valence-electron chi connectivity index (χ4n) is 3.66.